The summed E-state index contributed by atoms with van der Waals surface area (Å²) < 4.78 is 1.90. The topological polar surface area (TPSA) is 48.2 Å². The zero-order valence-corrected chi connectivity index (χ0v) is 11.7. The van der Waals surface area contributed by atoms with Gasteiger partial charge in [0, 0.05) is 22.9 Å². The van der Waals surface area contributed by atoms with Gasteiger partial charge in [-0.25, -0.2) is 0 Å². The molecule has 2 aromatic rings. The van der Waals surface area contributed by atoms with Crippen molar-refractivity contribution in [2.24, 2.45) is 0 Å². The molecule has 0 amide bonds. The molecule has 0 aromatic carbocycles. The molecular weight excluding hydrogens is 247 g/mol. The predicted octanol–water partition coefficient (Wildman–Crippen LogP) is -2.03. The van der Waals surface area contributed by atoms with Gasteiger partial charge < -0.3 is 12.6 Å². The molecule has 0 aliphatic heterocycles. The van der Waals surface area contributed by atoms with Crippen molar-refractivity contribution in [3.8, 4) is 0 Å². The Bertz CT molecular complexity index is 394. The van der Waals surface area contributed by atoms with Gasteiger partial charge in [0.05, 0.1) is 0 Å². The van der Waals surface area contributed by atoms with Crippen molar-refractivity contribution in [1.82, 2.24) is 0 Å². The first-order chi connectivity index (χ1) is 7.20. The number of pyridine rings is 2. The summed E-state index contributed by atoms with van der Waals surface area (Å²) in [6.45, 7) is 0. The van der Waals surface area contributed by atoms with Gasteiger partial charge in [0.1, 0.15) is 5.03 Å². The Labute approximate surface area is 129 Å². The molecule has 17 heavy (non-hydrogen) atoms. The van der Waals surface area contributed by atoms with E-state index in [1.54, 1.807) is 42.7 Å². The Morgan fingerprint density at radius 3 is 1.71 bits per heavy atom. The van der Waals surface area contributed by atoms with E-state index in [4.69, 9.17) is 10.4 Å². The van der Waals surface area contributed by atoms with Crippen molar-refractivity contribution >= 4 is 12.6 Å². The van der Waals surface area contributed by atoms with E-state index in [-0.39, 0.29) is 37.0 Å². The summed E-state index contributed by atoms with van der Waals surface area (Å²) in [4.78, 5) is 0. The third-order valence-corrected chi connectivity index (χ3v) is 1.83. The van der Waals surface area contributed by atoms with Crippen molar-refractivity contribution in [3.05, 3.63) is 55.0 Å². The molecule has 2 aromatic heterocycles. The smallest absolute Gasteiger partial charge is 0.705 e. The summed E-state index contributed by atoms with van der Waals surface area (Å²) in [6, 6.07) is 10.5. The van der Waals surface area contributed by atoms with Gasteiger partial charge in [0.2, 0.25) is 18.6 Å². The number of hydrogen-bond donors (Lipinski definition) is 2. The summed E-state index contributed by atoms with van der Waals surface area (Å²) >= 11 is 4.67. The van der Waals surface area contributed by atoms with Crippen LogP contribution in [0.1, 0.15) is 7.43 Å². The van der Waals surface area contributed by atoms with Crippen LogP contribution >= 0.6 is 0 Å². The van der Waals surface area contributed by atoms with Crippen LogP contribution in [0.3, 0.4) is 0 Å². The Kier molecular flexibility index (Phi) is 11.2. The normalized spacial score (nSPS) is 7.76. The van der Waals surface area contributed by atoms with Crippen LogP contribution in [-0.2, 0) is 12.6 Å². The van der Waals surface area contributed by atoms with Crippen molar-refractivity contribution in [1.29, 1.82) is 0 Å². The van der Waals surface area contributed by atoms with Crippen LogP contribution in [0.25, 0.3) is 0 Å². The zero-order chi connectivity index (χ0) is 11.1. The largest absolute Gasteiger partial charge is 1.00 e. The van der Waals surface area contributed by atoms with Crippen LogP contribution < -0.4 is 39.0 Å². The summed E-state index contributed by atoms with van der Waals surface area (Å²) in [7, 11) is 0. The molecular formula is C11H15N2NaO2S+2. The first-order valence-corrected chi connectivity index (χ1v) is 4.63. The predicted molar refractivity (Wildman–Crippen MR) is 60.0 cm³/mol. The molecule has 86 valence electrons. The molecule has 2 N–H and O–H groups in total. The minimum absolute atomic E-state index is 0. The maximum atomic E-state index is 8.73. The summed E-state index contributed by atoms with van der Waals surface area (Å²) in [5.74, 6) is 0. The second-order valence-electron chi connectivity index (χ2n) is 2.64. The molecule has 6 heteroatoms. The molecule has 0 aliphatic rings. The van der Waals surface area contributed by atoms with Crippen LogP contribution in [0.15, 0.2) is 60.0 Å². The van der Waals surface area contributed by atoms with E-state index in [0.717, 1.165) is 9.46 Å². The molecule has 0 aliphatic carbocycles. The fraction of sp³-hybridized carbons (Fsp3) is 0.0909. The van der Waals surface area contributed by atoms with E-state index in [1.165, 1.54) is 6.20 Å². The number of aromatic nitrogens is 2. The first kappa shape index (κ1) is 18.5. The molecule has 0 spiro atoms. The van der Waals surface area contributed by atoms with E-state index < -0.39 is 0 Å². The van der Waals surface area contributed by atoms with Crippen LogP contribution in [-0.4, -0.2) is 10.4 Å². The van der Waals surface area contributed by atoms with Gasteiger partial charge in [-0.2, -0.15) is 0 Å². The van der Waals surface area contributed by atoms with Gasteiger partial charge in [-0.3, -0.25) is 10.4 Å². The second-order valence-corrected chi connectivity index (χ2v) is 3.06. The first-order valence-electron chi connectivity index (χ1n) is 4.22. The fourth-order valence-electron chi connectivity index (χ4n) is 0.808. The van der Waals surface area contributed by atoms with E-state index >= 15 is 0 Å². The van der Waals surface area contributed by atoms with Gasteiger partial charge in [0.15, 0.2) is 0 Å². The monoisotopic (exact) mass is 262 g/mol. The zero-order valence-electron chi connectivity index (χ0n) is 8.89. The Morgan fingerprint density at radius 2 is 1.41 bits per heavy atom. The molecule has 0 fully saturated rings. The number of nitrogens with zero attached hydrogens (tertiary/aromatic N) is 2. The van der Waals surface area contributed by atoms with E-state index in [0.29, 0.717) is 5.03 Å². The standard InChI is InChI=1S/C5H5NOS.C5H6NO.CH4.Na/c7-6-4-2-1-3-5(6)8;7-6-4-2-1-3-5-6;;/h1-4,7H;1-5,7H;1H4;/q;+1;;+1. The quantitative estimate of drug-likeness (QED) is 0.249. The van der Waals surface area contributed by atoms with Crippen molar-refractivity contribution in [2.45, 2.75) is 12.5 Å². The van der Waals surface area contributed by atoms with Crippen LogP contribution in [0.5, 0.6) is 0 Å². The third-order valence-electron chi connectivity index (χ3n) is 1.50. The fourth-order valence-corrected chi connectivity index (χ4v) is 0.948. The van der Waals surface area contributed by atoms with Gasteiger partial charge in [-0.15, -0.1) is 0 Å². The maximum absolute atomic E-state index is 8.73. The molecule has 0 unspecified atom stereocenters. The summed E-state index contributed by atoms with van der Waals surface area (Å²) in [6.07, 6.45) is 4.60. The van der Waals surface area contributed by atoms with Crippen molar-refractivity contribution < 1.29 is 49.4 Å². The Balaban J connectivity index is 0. The van der Waals surface area contributed by atoms with Crippen molar-refractivity contribution in [3.63, 3.8) is 0 Å². The molecule has 0 saturated carbocycles. The van der Waals surface area contributed by atoms with E-state index in [1.807, 2.05) is 6.07 Å². The maximum Gasteiger partial charge on any atom is 1.00 e. The average Bonchev–Trinajstić information content (AvgIpc) is 2.25. The van der Waals surface area contributed by atoms with Crippen molar-refractivity contribution in [2.75, 3.05) is 0 Å². The third kappa shape index (κ3) is 7.93. The minimum Gasteiger partial charge on any atom is -0.705 e. The van der Waals surface area contributed by atoms with Crippen LogP contribution in [0, 0.1) is 0 Å². The summed E-state index contributed by atoms with van der Waals surface area (Å²) in [5, 5.41) is 17.7. The second kappa shape index (κ2) is 10.3. The van der Waals surface area contributed by atoms with Crippen LogP contribution in [0.2, 0.25) is 0 Å². The average molecular weight is 262 g/mol. The van der Waals surface area contributed by atoms with E-state index in [9.17, 15) is 0 Å². The number of hydrogen-bond acceptors (Lipinski definition) is 3. The molecule has 2 rings (SSSR count). The molecule has 4 nitrogen and oxygen atoms in total. The Morgan fingerprint density at radius 1 is 0.882 bits per heavy atom. The molecule has 2 heterocycles. The minimum atomic E-state index is 0. The SMILES string of the molecule is C.O[n+]1ccccc1.O[n+]1ccccc1[S-].[Na+]. The van der Waals surface area contributed by atoms with Gasteiger partial charge in [-0.1, -0.05) is 19.6 Å². The number of rotatable bonds is 0. The molecule has 0 radical (unpaired) electrons. The molecule has 0 saturated heterocycles. The summed E-state index contributed by atoms with van der Waals surface area (Å²) in [5.41, 5.74) is 0. The van der Waals surface area contributed by atoms with Gasteiger partial charge >= 0.3 is 29.6 Å². The molecule has 0 bridgehead atoms. The van der Waals surface area contributed by atoms with Gasteiger partial charge in [0.25, 0.3) is 0 Å². The van der Waals surface area contributed by atoms with Crippen LogP contribution in [0.4, 0.5) is 0 Å². The van der Waals surface area contributed by atoms with E-state index in [2.05, 4.69) is 12.6 Å². The Hall–Kier alpha value is -0.880. The molecule has 0 atom stereocenters. The van der Waals surface area contributed by atoms with Gasteiger partial charge in [-0.05, 0) is 10.8 Å².